The van der Waals surface area contributed by atoms with Crippen LogP contribution >= 0.6 is 31.9 Å². The number of rotatable bonds is 5. The molecule has 0 bridgehead atoms. The molecule has 0 heterocycles. The van der Waals surface area contributed by atoms with Gasteiger partial charge >= 0.3 is 0 Å². The Bertz CT molecular complexity index is 1100. The van der Waals surface area contributed by atoms with Gasteiger partial charge in [0.2, 0.25) is 0 Å². The number of carbonyl (C=O) groups is 3. The topological polar surface area (TPSA) is 51.2 Å². The minimum atomic E-state index is -1.56. The summed E-state index contributed by atoms with van der Waals surface area (Å²) in [4.78, 5) is 39.5. The van der Waals surface area contributed by atoms with Crippen LogP contribution in [0.3, 0.4) is 0 Å². The highest BCUT2D eigenvalue weighted by atomic mass is 79.9. The Morgan fingerprint density at radius 1 is 0.800 bits per heavy atom. The Morgan fingerprint density at radius 2 is 1.30 bits per heavy atom. The first-order chi connectivity index (χ1) is 14.4. The van der Waals surface area contributed by atoms with Crippen LogP contribution in [0.2, 0.25) is 0 Å². The third-order valence-corrected chi connectivity index (χ3v) is 7.70. The van der Waals surface area contributed by atoms with E-state index in [0.29, 0.717) is 16.7 Å². The van der Waals surface area contributed by atoms with E-state index < -0.39 is 15.1 Å². The molecular weight excluding hydrogens is 508 g/mol. The van der Waals surface area contributed by atoms with Crippen molar-refractivity contribution in [1.82, 2.24) is 0 Å². The van der Waals surface area contributed by atoms with Gasteiger partial charge in [-0.15, -0.1) is 0 Å². The summed E-state index contributed by atoms with van der Waals surface area (Å²) in [5.74, 6) is -1.56. The second-order valence-electron chi connectivity index (χ2n) is 7.44. The van der Waals surface area contributed by atoms with Crippen LogP contribution in [0.1, 0.15) is 48.1 Å². The lowest BCUT2D eigenvalue weighted by Crippen LogP contribution is -2.46. The van der Waals surface area contributed by atoms with E-state index in [4.69, 9.17) is 0 Å². The maximum atomic E-state index is 13.5. The lowest BCUT2D eigenvalue weighted by atomic mass is 9.78. The number of halogens is 2. The van der Waals surface area contributed by atoms with Crippen LogP contribution in [0, 0.1) is 6.92 Å². The lowest BCUT2D eigenvalue weighted by Gasteiger charge is -2.33. The zero-order valence-corrected chi connectivity index (χ0v) is 19.3. The predicted octanol–water partition coefficient (Wildman–Crippen LogP) is 5.94. The van der Waals surface area contributed by atoms with Crippen LogP contribution in [0.5, 0.6) is 0 Å². The fourth-order valence-electron chi connectivity index (χ4n) is 3.95. The summed E-state index contributed by atoms with van der Waals surface area (Å²) < 4.78 is -1.56. The Morgan fingerprint density at radius 3 is 1.83 bits per heavy atom. The zero-order valence-electron chi connectivity index (χ0n) is 16.1. The number of ketones is 3. The molecule has 1 aliphatic rings. The van der Waals surface area contributed by atoms with Gasteiger partial charge in [0.25, 0.3) is 0 Å². The van der Waals surface area contributed by atoms with Crippen molar-refractivity contribution >= 4 is 49.2 Å². The monoisotopic (exact) mass is 524 g/mol. The molecule has 150 valence electrons. The maximum absolute atomic E-state index is 13.5. The van der Waals surface area contributed by atoms with Gasteiger partial charge in [0, 0.05) is 22.6 Å². The van der Waals surface area contributed by atoms with Gasteiger partial charge in [-0.3, -0.25) is 14.4 Å². The smallest absolute Gasteiger partial charge is 0.188 e. The minimum Gasteiger partial charge on any atom is -0.293 e. The number of hydrogen-bond acceptors (Lipinski definition) is 3. The van der Waals surface area contributed by atoms with Gasteiger partial charge in [0.05, 0.1) is 4.83 Å². The molecule has 0 fully saturated rings. The first kappa shape index (κ1) is 20.9. The molecule has 0 N–H and O–H groups in total. The van der Waals surface area contributed by atoms with Gasteiger partial charge in [0.1, 0.15) is 0 Å². The SMILES string of the molecule is Cc1ccc(C(=O)[C@H](Br)[C@H](c2ccccc2)C2(Br)C(=O)c3ccccc3C2=O)cc1. The minimum absolute atomic E-state index is 0.181. The molecule has 0 radical (unpaired) electrons. The Balaban J connectivity index is 1.84. The summed E-state index contributed by atoms with van der Waals surface area (Å²) in [7, 11) is 0. The van der Waals surface area contributed by atoms with Gasteiger partial charge in [-0.25, -0.2) is 0 Å². The van der Waals surface area contributed by atoms with E-state index in [-0.39, 0.29) is 17.3 Å². The van der Waals surface area contributed by atoms with Crippen molar-refractivity contribution in [2.24, 2.45) is 0 Å². The van der Waals surface area contributed by atoms with Crippen molar-refractivity contribution in [3.05, 3.63) is 107 Å². The van der Waals surface area contributed by atoms with Crippen LogP contribution in [-0.4, -0.2) is 26.5 Å². The molecule has 2 atom stereocenters. The molecule has 30 heavy (non-hydrogen) atoms. The second kappa shape index (κ2) is 8.05. The van der Waals surface area contributed by atoms with Gasteiger partial charge in [0.15, 0.2) is 21.7 Å². The molecule has 0 amide bonds. The highest BCUT2D eigenvalue weighted by Gasteiger charge is 2.59. The van der Waals surface area contributed by atoms with Crippen LogP contribution in [0.4, 0.5) is 0 Å². The molecule has 1 aliphatic carbocycles. The van der Waals surface area contributed by atoms with E-state index in [0.717, 1.165) is 11.1 Å². The van der Waals surface area contributed by atoms with Crippen molar-refractivity contribution in [3.8, 4) is 0 Å². The summed E-state index contributed by atoms with van der Waals surface area (Å²) in [5.41, 5.74) is 3.05. The van der Waals surface area contributed by atoms with Crippen LogP contribution < -0.4 is 0 Å². The van der Waals surface area contributed by atoms with Crippen molar-refractivity contribution in [1.29, 1.82) is 0 Å². The molecule has 0 aromatic heterocycles. The van der Waals surface area contributed by atoms with Crippen molar-refractivity contribution < 1.29 is 14.4 Å². The number of fused-ring (bicyclic) bond motifs is 1. The highest BCUT2D eigenvalue weighted by molar-refractivity contribution is 9.11. The molecule has 3 aromatic rings. The molecule has 5 heteroatoms. The van der Waals surface area contributed by atoms with Crippen LogP contribution in [-0.2, 0) is 0 Å². The largest absolute Gasteiger partial charge is 0.293 e. The van der Waals surface area contributed by atoms with E-state index in [1.165, 1.54) is 0 Å². The first-order valence-electron chi connectivity index (χ1n) is 9.53. The number of Topliss-reactive ketones (excluding diaryl/α,β-unsaturated/α-hetero) is 3. The van der Waals surface area contributed by atoms with E-state index >= 15 is 0 Å². The van der Waals surface area contributed by atoms with Gasteiger partial charge in [-0.05, 0) is 12.5 Å². The Kier molecular flexibility index (Phi) is 5.60. The number of aryl methyl sites for hydroxylation is 1. The molecule has 0 spiro atoms. The maximum Gasteiger partial charge on any atom is 0.188 e. The summed E-state index contributed by atoms with van der Waals surface area (Å²) in [6, 6.07) is 23.3. The molecular formula is C25H18Br2O3. The molecule has 3 nitrogen and oxygen atoms in total. The molecule has 0 saturated carbocycles. The Hall–Kier alpha value is -2.37. The number of hydrogen-bond donors (Lipinski definition) is 0. The summed E-state index contributed by atoms with van der Waals surface area (Å²) >= 11 is 7.10. The molecule has 4 rings (SSSR count). The molecule has 0 aliphatic heterocycles. The van der Waals surface area contributed by atoms with E-state index in [9.17, 15) is 14.4 Å². The lowest BCUT2D eigenvalue weighted by molar-refractivity contribution is 0.0844. The fraction of sp³-hybridized carbons (Fsp3) is 0.160. The van der Waals surface area contributed by atoms with Crippen molar-refractivity contribution in [2.45, 2.75) is 22.0 Å². The predicted molar refractivity (Wildman–Crippen MR) is 124 cm³/mol. The summed E-state index contributed by atoms with van der Waals surface area (Å²) in [5, 5.41) is 0. The van der Waals surface area contributed by atoms with Gasteiger partial charge in [-0.1, -0.05) is 116 Å². The summed E-state index contributed by atoms with van der Waals surface area (Å²) in [6.07, 6.45) is 0. The third kappa shape index (κ3) is 3.30. The Labute approximate surface area is 191 Å². The fourth-order valence-corrected chi connectivity index (χ4v) is 6.22. The first-order valence-corrected chi connectivity index (χ1v) is 11.2. The van der Waals surface area contributed by atoms with Gasteiger partial charge in [-0.2, -0.15) is 0 Å². The zero-order chi connectivity index (χ0) is 21.5. The summed E-state index contributed by atoms with van der Waals surface area (Å²) in [6.45, 7) is 1.95. The van der Waals surface area contributed by atoms with Crippen molar-refractivity contribution in [2.75, 3.05) is 0 Å². The van der Waals surface area contributed by atoms with Crippen LogP contribution in [0.25, 0.3) is 0 Å². The molecule has 0 saturated heterocycles. The van der Waals surface area contributed by atoms with Crippen LogP contribution in [0.15, 0.2) is 78.9 Å². The second-order valence-corrected chi connectivity index (χ2v) is 9.67. The molecule has 0 unspecified atom stereocenters. The highest BCUT2D eigenvalue weighted by Crippen LogP contribution is 2.49. The average Bonchev–Trinajstić information content (AvgIpc) is 2.96. The third-order valence-electron chi connectivity index (χ3n) is 5.54. The normalized spacial score (nSPS) is 16.8. The van der Waals surface area contributed by atoms with Crippen molar-refractivity contribution in [3.63, 3.8) is 0 Å². The number of carbonyl (C=O) groups excluding carboxylic acids is 3. The van der Waals surface area contributed by atoms with E-state index in [2.05, 4.69) is 31.9 Å². The standard InChI is InChI=1S/C25H18Br2O3/c1-15-11-13-17(14-12-15)22(28)21(26)20(16-7-3-2-4-8-16)25(27)23(29)18-9-5-6-10-19(18)24(25)30/h2-14,20-21H,1H3/t20-,21+/m0/s1. The number of benzene rings is 3. The molecule has 3 aromatic carbocycles. The van der Waals surface area contributed by atoms with E-state index in [1.54, 1.807) is 36.4 Å². The average molecular weight is 526 g/mol. The number of alkyl halides is 2. The van der Waals surface area contributed by atoms with E-state index in [1.807, 2.05) is 49.4 Å². The quantitative estimate of drug-likeness (QED) is 0.235. The van der Waals surface area contributed by atoms with Gasteiger partial charge < -0.3 is 0 Å².